The Morgan fingerprint density at radius 1 is 0.500 bits per heavy atom. The minimum atomic E-state index is -4.39. The van der Waals surface area contributed by atoms with Gasteiger partial charge in [0.25, 0.3) is 0 Å². The highest BCUT2D eigenvalue weighted by atomic mass is 31.2. The van der Waals surface area contributed by atoms with Gasteiger partial charge < -0.3 is 20.1 Å². The molecule has 0 saturated carbocycles. The van der Waals surface area contributed by atoms with Crippen molar-refractivity contribution in [1.29, 1.82) is 0 Å². The predicted molar refractivity (Wildman–Crippen MR) is 252 cm³/mol. The van der Waals surface area contributed by atoms with Gasteiger partial charge in [0.2, 0.25) is 0 Å². The fourth-order valence-electron chi connectivity index (χ4n) is 6.80. The summed E-state index contributed by atoms with van der Waals surface area (Å²) in [4.78, 5) is 35.0. The number of carbonyl (C=O) groups is 2. The zero-order valence-corrected chi connectivity index (χ0v) is 39.6. The minimum Gasteiger partial charge on any atom is -0.462 e. The number of ether oxygens (including phenoxy) is 2. The molecule has 0 heterocycles. The Morgan fingerprint density at radius 3 is 1.32 bits per heavy atom. The van der Waals surface area contributed by atoms with Crippen molar-refractivity contribution in [3.05, 3.63) is 48.6 Å². The molecule has 60 heavy (non-hydrogen) atoms. The molecule has 0 aromatic rings. The summed E-state index contributed by atoms with van der Waals surface area (Å²) >= 11 is 0. The fourth-order valence-corrected chi connectivity index (χ4v) is 7.56. The van der Waals surface area contributed by atoms with Crippen molar-refractivity contribution in [3.8, 4) is 0 Å². The number of allylic oxidation sites excluding steroid dienone is 8. The smallest absolute Gasteiger partial charge is 0.462 e. The second-order valence-electron chi connectivity index (χ2n) is 16.3. The van der Waals surface area contributed by atoms with Gasteiger partial charge in [0.05, 0.1) is 13.2 Å². The largest absolute Gasteiger partial charge is 0.472 e. The van der Waals surface area contributed by atoms with Crippen LogP contribution in [0, 0.1) is 0 Å². The molecule has 3 N–H and O–H groups in total. The van der Waals surface area contributed by atoms with Crippen LogP contribution in [0.2, 0.25) is 0 Å². The summed E-state index contributed by atoms with van der Waals surface area (Å²) < 4.78 is 32.9. The number of esters is 2. The van der Waals surface area contributed by atoms with Crippen molar-refractivity contribution < 1.29 is 37.6 Å². The van der Waals surface area contributed by atoms with Crippen molar-refractivity contribution in [3.63, 3.8) is 0 Å². The van der Waals surface area contributed by atoms with Crippen LogP contribution in [-0.2, 0) is 32.7 Å². The highest BCUT2D eigenvalue weighted by Gasteiger charge is 2.26. The number of nitrogens with two attached hydrogens (primary N) is 1. The van der Waals surface area contributed by atoms with Crippen LogP contribution < -0.4 is 5.73 Å². The Hall–Kier alpha value is -2.03. The van der Waals surface area contributed by atoms with Crippen molar-refractivity contribution in [1.82, 2.24) is 0 Å². The molecule has 0 aromatic heterocycles. The lowest BCUT2D eigenvalue weighted by molar-refractivity contribution is -0.161. The lowest BCUT2D eigenvalue weighted by Gasteiger charge is -2.19. The van der Waals surface area contributed by atoms with E-state index in [-0.39, 0.29) is 38.6 Å². The Kier molecular flexibility index (Phi) is 44.9. The Bertz CT molecular complexity index is 1120. The Balaban J connectivity index is 4.12. The van der Waals surface area contributed by atoms with E-state index in [4.69, 9.17) is 24.3 Å². The number of hydrogen-bond donors (Lipinski definition) is 2. The maximum Gasteiger partial charge on any atom is 0.472 e. The van der Waals surface area contributed by atoms with Gasteiger partial charge in [-0.3, -0.25) is 18.6 Å². The molecular weight excluding hydrogens is 774 g/mol. The molecule has 0 radical (unpaired) electrons. The molecule has 350 valence electrons. The van der Waals surface area contributed by atoms with Crippen LogP contribution in [0.15, 0.2) is 48.6 Å². The summed E-state index contributed by atoms with van der Waals surface area (Å²) in [5, 5.41) is 0. The molecule has 1 unspecified atom stereocenters. The summed E-state index contributed by atoms with van der Waals surface area (Å²) in [5.74, 6) is -0.857. The van der Waals surface area contributed by atoms with Gasteiger partial charge in [-0.25, -0.2) is 4.57 Å². The van der Waals surface area contributed by atoms with Crippen LogP contribution in [0.1, 0.15) is 226 Å². The number of phosphoric acid groups is 1. The van der Waals surface area contributed by atoms with Gasteiger partial charge in [-0.05, 0) is 57.8 Å². The molecule has 0 aliphatic heterocycles. The number of carbonyl (C=O) groups excluding carboxylic acids is 2. The maximum atomic E-state index is 12.6. The second kappa shape index (κ2) is 46.5. The SMILES string of the molecule is CCCCC/C=C/C/C=C/C/C=C/C/C=C/CCCCCC(=O)O[C@H](COC(=O)CCCCCCCCCCCCCCCCCCCCCC)COP(=O)(O)OCCN. The van der Waals surface area contributed by atoms with Gasteiger partial charge in [-0.15, -0.1) is 0 Å². The molecule has 10 heteroatoms. The third-order valence-corrected chi connectivity index (χ3v) is 11.5. The maximum absolute atomic E-state index is 12.6. The first-order valence-corrected chi connectivity index (χ1v) is 26.1. The van der Waals surface area contributed by atoms with Crippen molar-refractivity contribution in [2.24, 2.45) is 5.73 Å². The third-order valence-electron chi connectivity index (χ3n) is 10.5. The van der Waals surface area contributed by atoms with Gasteiger partial charge in [0.1, 0.15) is 6.61 Å². The molecule has 9 nitrogen and oxygen atoms in total. The first-order chi connectivity index (χ1) is 29.3. The summed E-state index contributed by atoms with van der Waals surface area (Å²) in [6.45, 7) is 3.69. The predicted octanol–water partition coefficient (Wildman–Crippen LogP) is 14.7. The molecule has 0 fully saturated rings. The highest BCUT2D eigenvalue weighted by molar-refractivity contribution is 7.47. The van der Waals surface area contributed by atoms with E-state index >= 15 is 0 Å². The second-order valence-corrected chi connectivity index (χ2v) is 17.8. The van der Waals surface area contributed by atoms with Gasteiger partial charge in [-0.2, -0.15) is 0 Å². The Morgan fingerprint density at radius 2 is 0.867 bits per heavy atom. The van der Waals surface area contributed by atoms with Crippen LogP contribution in [0.4, 0.5) is 0 Å². The summed E-state index contributed by atoms with van der Waals surface area (Å²) in [6, 6.07) is 0. The van der Waals surface area contributed by atoms with Gasteiger partial charge in [0, 0.05) is 19.4 Å². The molecule has 0 amide bonds. The van der Waals surface area contributed by atoms with Crippen molar-refractivity contribution >= 4 is 19.8 Å². The molecule has 0 bridgehead atoms. The molecule has 0 aliphatic carbocycles. The molecule has 2 atom stereocenters. The molecule has 0 saturated heterocycles. The summed E-state index contributed by atoms with van der Waals surface area (Å²) in [5.41, 5.74) is 5.36. The molecule has 0 spiro atoms. The van der Waals surface area contributed by atoms with Crippen LogP contribution in [0.5, 0.6) is 0 Å². The normalized spacial score (nSPS) is 13.6. The topological polar surface area (TPSA) is 134 Å². The number of hydrogen-bond acceptors (Lipinski definition) is 8. The molecule has 0 rings (SSSR count). The van der Waals surface area contributed by atoms with Gasteiger partial charge in [0.15, 0.2) is 6.10 Å². The van der Waals surface area contributed by atoms with Crippen molar-refractivity contribution in [2.45, 2.75) is 232 Å². The van der Waals surface area contributed by atoms with Crippen LogP contribution in [0.3, 0.4) is 0 Å². The highest BCUT2D eigenvalue weighted by Crippen LogP contribution is 2.43. The average molecular weight is 866 g/mol. The van der Waals surface area contributed by atoms with Gasteiger partial charge in [-0.1, -0.05) is 204 Å². The standard InChI is InChI=1S/C50H92NO8P/c1-3-5-7-9-11-13-15-17-19-21-23-25-26-28-30-32-34-36-38-40-42-49(52)56-46-48(47-58-60(54,55)57-45-44-51)59-50(53)43-41-39-37-35-33-31-29-27-24-22-20-18-16-14-12-10-8-6-4-2/h12,14,18,20,24,27,31,33,48H,3-11,13,15-17,19,21-23,25-26,28-30,32,34-47,51H2,1-2H3,(H,54,55)/b14-12+,20-18+,27-24+,33-31+/t48-/m1/s1. The summed E-state index contributed by atoms with van der Waals surface area (Å²) in [7, 11) is -4.39. The quantitative estimate of drug-likeness (QED) is 0.0265. The lowest BCUT2D eigenvalue weighted by atomic mass is 10.0. The van der Waals surface area contributed by atoms with Crippen LogP contribution in [-0.4, -0.2) is 49.3 Å². The van der Waals surface area contributed by atoms with E-state index in [1.807, 2.05) is 0 Å². The number of rotatable bonds is 46. The first-order valence-electron chi connectivity index (χ1n) is 24.6. The van der Waals surface area contributed by atoms with E-state index < -0.39 is 26.5 Å². The van der Waals surface area contributed by atoms with E-state index in [1.165, 1.54) is 135 Å². The Labute approximate surface area is 368 Å². The fraction of sp³-hybridized carbons (Fsp3) is 0.800. The van der Waals surface area contributed by atoms with E-state index in [0.29, 0.717) is 6.42 Å². The zero-order chi connectivity index (χ0) is 43.9. The third kappa shape index (κ3) is 45.5. The first kappa shape index (κ1) is 58.0. The lowest BCUT2D eigenvalue weighted by Crippen LogP contribution is -2.29. The van der Waals surface area contributed by atoms with E-state index in [2.05, 4.69) is 62.5 Å². The zero-order valence-electron chi connectivity index (χ0n) is 38.7. The minimum absolute atomic E-state index is 0.0475. The van der Waals surface area contributed by atoms with Gasteiger partial charge >= 0.3 is 19.8 Å². The van der Waals surface area contributed by atoms with E-state index in [9.17, 15) is 19.0 Å². The van der Waals surface area contributed by atoms with Crippen LogP contribution >= 0.6 is 7.82 Å². The molecular formula is C50H92NO8P. The number of phosphoric ester groups is 1. The molecule has 0 aliphatic rings. The average Bonchev–Trinajstić information content (AvgIpc) is 3.24. The number of unbranched alkanes of at least 4 members (excludes halogenated alkanes) is 25. The summed E-state index contributed by atoms with van der Waals surface area (Å²) in [6.07, 6.45) is 54.3. The molecule has 0 aromatic carbocycles. The van der Waals surface area contributed by atoms with Crippen molar-refractivity contribution in [2.75, 3.05) is 26.4 Å². The monoisotopic (exact) mass is 866 g/mol. The van der Waals surface area contributed by atoms with E-state index in [0.717, 1.165) is 57.8 Å². The van der Waals surface area contributed by atoms with E-state index in [1.54, 1.807) is 0 Å². The van der Waals surface area contributed by atoms with Crippen LogP contribution in [0.25, 0.3) is 0 Å².